The molecule has 1 saturated heterocycles. The Morgan fingerprint density at radius 2 is 2.21 bits per heavy atom. The first-order valence-electron chi connectivity index (χ1n) is 4.94. The summed E-state index contributed by atoms with van der Waals surface area (Å²) in [7, 11) is 1.46. The van der Waals surface area contributed by atoms with Crippen molar-refractivity contribution in [2.24, 2.45) is 0 Å². The number of thioether (sulfide) groups is 1. The first-order chi connectivity index (χ1) is 8.93. The zero-order chi connectivity index (χ0) is 14.2. The Bertz CT molecular complexity index is 616. The number of phenolic OH excluding ortho intramolecular Hbond substituents is 1. The van der Waals surface area contributed by atoms with Crippen LogP contribution in [0.3, 0.4) is 0 Å². The topological polar surface area (TPSA) is 58.6 Å². The van der Waals surface area contributed by atoms with Crippen LogP contribution in [0.25, 0.3) is 6.08 Å². The molecular formula is C11H7Br2NO3S2. The van der Waals surface area contributed by atoms with Gasteiger partial charge in [0.25, 0.3) is 5.91 Å². The summed E-state index contributed by atoms with van der Waals surface area (Å²) >= 11 is 12.8. The van der Waals surface area contributed by atoms with Gasteiger partial charge in [0.1, 0.15) is 4.32 Å². The predicted octanol–water partition coefficient (Wildman–Crippen LogP) is 3.41. The van der Waals surface area contributed by atoms with E-state index in [1.165, 1.54) is 7.11 Å². The molecule has 1 amide bonds. The summed E-state index contributed by atoms with van der Waals surface area (Å²) in [6.07, 6.45) is 1.56. The maximum Gasteiger partial charge on any atom is 0.263 e. The van der Waals surface area contributed by atoms with Crippen LogP contribution in [-0.4, -0.2) is 22.4 Å². The molecule has 0 spiro atoms. The summed E-state index contributed by atoms with van der Waals surface area (Å²) in [6, 6.07) is 1.63. The highest BCUT2D eigenvalue weighted by atomic mass is 79.9. The number of hydrogen-bond donors (Lipinski definition) is 2. The first-order valence-corrected chi connectivity index (χ1v) is 7.75. The Hall–Kier alpha value is -0.570. The fourth-order valence-corrected chi connectivity index (χ4v) is 3.32. The van der Waals surface area contributed by atoms with Gasteiger partial charge in [-0.1, -0.05) is 24.0 Å². The molecule has 19 heavy (non-hydrogen) atoms. The summed E-state index contributed by atoms with van der Waals surface area (Å²) in [5.41, 5.74) is 0.452. The van der Waals surface area contributed by atoms with Gasteiger partial charge in [-0.15, -0.1) is 0 Å². The molecule has 0 saturated carbocycles. The number of benzene rings is 1. The lowest BCUT2D eigenvalue weighted by molar-refractivity contribution is -0.115. The van der Waals surface area contributed by atoms with Gasteiger partial charge in [0.2, 0.25) is 0 Å². The van der Waals surface area contributed by atoms with Gasteiger partial charge in [-0.25, -0.2) is 0 Å². The standard InChI is InChI=1S/C11H7Br2NO3S2/c1-17-6-3-5(12)8(13)4(9(6)15)2-7-10(16)14-11(18)19-7/h2-3,15H,1H3,(H,14,16,18)/b7-2-. The maximum absolute atomic E-state index is 11.6. The van der Waals surface area contributed by atoms with Crippen LogP contribution in [0.2, 0.25) is 0 Å². The molecule has 1 aromatic carbocycles. The number of phenols is 1. The highest BCUT2D eigenvalue weighted by Crippen LogP contribution is 2.42. The van der Waals surface area contributed by atoms with Crippen molar-refractivity contribution in [1.82, 2.24) is 5.32 Å². The molecule has 0 aliphatic carbocycles. The van der Waals surface area contributed by atoms with Crippen molar-refractivity contribution in [3.8, 4) is 11.5 Å². The smallest absolute Gasteiger partial charge is 0.263 e. The van der Waals surface area contributed by atoms with E-state index in [1.807, 2.05) is 0 Å². The molecule has 1 aliphatic rings. The molecule has 2 rings (SSSR count). The molecule has 1 aliphatic heterocycles. The van der Waals surface area contributed by atoms with Crippen molar-refractivity contribution in [1.29, 1.82) is 0 Å². The largest absolute Gasteiger partial charge is 0.504 e. The molecule has 8 heteroatoms. The number of carbonyl (C=O) groups excluding carboxylic acids is 1. The van der Waals surface area contributed by atoms with Crippen LogP contribution in [0.1, 0.15) is 5.56 Å². The van der Waals surface area contributed by atoms with E-state index in [9.17, 15) is 9.90 Å². The van der Waals surface area contributed by atoms with Gasteiger partial charge in [-0.05, 0) is 44.0 Å². The Morgan fingerprint density at radius 1 is 1.53 bits per heavy atom. The van der Waals surface area contributed by atoms with Crippen molar-refractivity contribution in [2.75, 3.05) is 7.11 Å². The molecule has 0 unspecified atom stereocenters. The van der Waals surface area contributed by atoms with Crippen LogP contribution < -0.4 is 10.1 Å². The third-order valence-electron chi connectivity index (χ3n) is 2.33. The van der Waals surface area contributed by atoms with Crippen molar-refractivity contribution < 1.29 is 14.6 Å². The number of amides is 1. The Morgan fingerprint density at radius 3 is 2.74 bits per heavy atom. The summed E-state index contributed by atoms with van der Waals surface area (Å²) in [6.45, 7) is 0. The number of aromatic hydroxyl groups is 1. The van der Waals surface area contributed by atoms with Crippen LogP contribution in [0.4, 0.5) is 0 Å². The fraction of sp³-hybridized carbons (Fsp3) is 0.0909. The number of methoxy groups -OCH3 is 1. The zero-order valence-corrected chi connectivity index (χ0v) is 14.3. The normalized spacial score (nSPS) is 16.9. The monoisotopic (exact) mass is 423 g/mol. The molecular weight excluding hydrogens is 418 g/mol. The molecule has 1 fully saturated rings. The Kier molecular flexibility index (Phi) is 4.54. The molecule has 0 atom stereocenters. The number of ether oxygens (including phenoxy) is 1. The van der Waals surface area contributed by atoms with Crippen LogP contribution >= 0.6 is 55.8 Å². The number of thiocarbonyl (C=S) groups is 1. The Balaban J connectivity index is 2.57. The summed E-state index contributed by atoms with van der Waals surface area (Å²) in [5.74, 6) is -0.00978. The number of halogens is 2. The second-order valence-corrected chi connectivity index (χ2v) is 6.86. The SMILES string of the molecule is COc1cc(Br)c(Br)c(/C=C2\SC(=S)NC2=O)c1O. The molecule has 2 N–H and O–H groups in total. The maximum atomic E-state index is 11.6. The number of hydrogen-bond acceptors (Lipinski definition) is 5. The molecule has 1 heterocycles. The van der Waals surface area contributed by atoms with Crippen molar-refractivity contribution in [3.63, 3.8) is 0 Å². The zero-order valence-electron chi connectivity index (χ0n) is 9.49. The van der Waals surface area contributed by atoms with Gasteiger partial charge in [0.15, 0.2) is 11.5 Å². The lowest BCUT2D eigenvalue weighted by Crippen LogP contribution is -2.17. The third kappa shape index (κ3) is 2.96. The van der Waals surface area contributed by atoms with Crippen molar-refractivity contribution in [3.05, 3.63) is 25.5 Å². The number of nitrogens with one attached hydrogen (secondary N) is 1. The first kappa shape index (κ1) is 14.8. The summed E-state index contributed by atoms with van der Waals surface area (Å²) < 4.78 is 6.81. The minimum atomic E-state index is -0.278. The second-order valence-electron chi connectivity index (χ2n) is 3.49. The van der Waals surface area contributed by atoms with Crippen LogP contribution in [0, 0.1) is 0 Å². The van der Waals surface area contributed by atoms with E-state index in [4.69, 9.17) is 17.0 Å². The molecule has 4 nitrogen and oxygen atoms in total. The van der Waals surface area contributed by atoms with Gasteiger partial charge >= 0.3 is 0 Å². The van der Waals surface area contributed by atoms with E-state index >= 15 is 0 Å². The van der Waals surface area contributed by atoms with E-state index < -0.39 is 0 Å². The molecule has 0 radical (unpaired) electrons. The highest BCUT2D eigenvalue weighted by Gasteiger charge is 2.24. The molecule has 0 aromatic heterocycles. The molecule has 100 valence electrons. The van der Waals surface area contributed by atoms with Crippen LogP contribution in [0.5, 0.6) is 11.5 Å². The Labute approximate surface area is 135 Å². The van der Waals surface area contributed by atoms with E-state index in [0.29, 0.717) is 29.5 Å². The second kappa shape index (κ2) is 5.82. The lowest BCUT2D eigenvalue weighted by Gasteiger charge is -2.10. The van der Waals surface area contributed by atoms with Gasteiger partial charge in [0, 0.05) is 14.5 Å². The van der Waals surface area contributed by atoms with Crippen LogP contribution in [0.15, 0.2) is 19.9 Å². The summed E-state index contributed by atoms with van der Waals surface area (Å²) in [4.78, 5) is 12.0. The highest BCUT2D eigenvalue weighted by molar-refractivity contribution is 9.13. The summed E-state index contributed by atoms with van der Waals surface area (Å²) in [5, 5.41) is 12.6. The van der Waals surface area contributed by atoms with Crippen molar-refractivity contribution in [2.45, 2.75) is 0 Å². The number of rotatable bonds is 2. The molecule has 0 bridgehead atoms. The predicted molar refractivity (Wildman–Crippen MR) is 86.4 cm³/mol. The lowest BCUT2D eigenvalue weighted by atomic mass is 10.1. The van der Waals surface area contributed by atoms with Gasteiger partial charge in [0.05, 0.1) is 12.0 Å². The van der Waals surface area contributed by atoms with Gasteiger partial charge < -0.3 is 15.2 Å². The average molecular weight is 425 g/mol. The minimum Gasteiger partial charge on any atom is -0.504 e. The molecule has 1 aromatic rings. The van der Waals surface area contributed by atoms with Crippen LogP contribution in [-0.2, 0) is 4.79 Å². The van der Waals surface area contributed by atoms with Gasteiger partial charge in [-0.2, -0.15) is 0 Å². The van der Waals surface area contributed by atoms with Gasteiger partial charge in [-0.3, -0.25) is 4.79 Å². The third-order valence-corrected chi connectivity index (χ3v) is 5.50. The minimum absolute atomic E-state index is 0.0451. The van der Waals surface area contributed by atoms with E-state index in [-0.39, 0.29) is 11.7 Å². The quantitative estimate of drug-likeness (QED) is 0.562. The van der Waals surface area contributed by atoms with E-state index in [1.54, 1.807) is 12.1 Å². The number of carbonyl (C=O) groups is 1. The van der Waals surface area contributed by atoms with E-state index in [2.05, 4.69) is 37.2 Å². The van der Waals surface area contributed by atoms with Crippen molar-refractivity contribution >= 4 is 72.1 Å². The average Bonchev–Trinajstić information content (AvgIpc) is 2.68. The van der Waals surface area contributed by atoms with E-state index in [0.717, 1.165) is 11.8 Å². The fourth-order valence-electron chi connectivity index (χ4n) is 1.45.